The van der Waals surface area contributed by atoms with E-state index in [1.807, 2.05) is 0 Å². The van der Waals surface area contributed by atoms with Crippen molar-refractivity contribution in [3.05, 3.63) is 59.9 Å². The van der Waals surface area contributed by atoms with Crippen LogP contribution in [0, 0.1) is 5.82 Å². The lowest BCUT2D eigenvalue weighted by Gasteiger charge is -2.00. The number of halogens is 1. The third kappa shape index (κ3) is 3.69. The van der Waals surface area contributed by atoms with Crippen LogP contribution in [-0.4, -0.2) is 16.5 Å². The molecule has 1 aromatic heterocycles. The maximum Gasteiger partial charge on any atom is 0.277 e. The third-order valence-corrected chi connectivity index (χ3v) is 4.65. The molecule has 112 valence electrons. The van der Waals surface area contributed by atoms with Crippen LogP contribution in [0.25, 0.3) is 11.5 Å². The molecule has 0 spiro atoms. The maximum atomic E-state index is 12.9. The highest BCUT2D eigenvalue weighted by Gasteiger charge is 2.09. The Morgan fingerprint density at radius 3 is 2.41 bits per heavy atom. The smallest absolute Gasteiger partial charge is 0.277 e. The molecule has 3 nitrogen and oxygen atoms in total. The van der Waals surface area contributed by atoms with E-state index in [0.717, 1.165) is 5.75 Å². The molecule has 6 heteroatoms. The number of nitrogens with zero attached hydrogens (tertiary/aromatic N) is 2. The summed E-state index contributed by atoms with van der Waals surface area (Å²) in [5.41, 5.74) is 1.91. The van der Waals surface area contributed by atoms with Crippen LogP contribution in [0.5, 0.6) is 0 Å². The van der Waals surface area contributed by atoms with Gasteiger partial charge in [0.05, 0.1) is 0 Å². The molecule has 22 heavy (non-hydrogen) atoms. The minimum atomic E-state index is -0.286. The van der Waals surface area contributed by atoms with Gasteiger partial charge in [0.15, 0.2) is 0 Å². The molecule has 0 atom stereocenters. The summed E-state index contributed by atoms with van der Waals surface area (Å²) in [6, 6.07) is 14.4. The minimum absolute atomic E-state index is 0.286. The van der Waals surface area contributed by atoms with E-state index in [4.69, 9.17) is 4.42 Å². The first-order valence-corrected chi connectivity index (χ1v) is 8.81. The SMILES string of the molecule is CSc1ccc(CSc2nnc(-c3ccc(F)cc3)o2)cc1. The van der Waals surface area contributed by atoms with Crippen LogP contribution in [0.4, 0.5) is 4.39 Å². The van der Waals surface area contributed by atoms with Crippen molar-refractivity contribution in [1.29, 1.82) is 0 Å². The summed E-state index contributed by atoms with van der Waals surface area (Å²) >= 11 is 3.20. The predicted octanol–water partition coefficient (Wildman–Crippen LogP) is 4.89. The number of benzene rings is 2. The lowest BCUT2D eigenvalue weighted by atomic mass is 10.2. The van der Waals surface area contributed by atoms with Gasteiger partial charge in [-0.2, -0.15) is 0 Å². The average Bonchev–Trinajstić information content (AvgIpc) is 3.03. The molecule has 0 saturated heterocycles. The molecule has 3 aromatic rings. The molecule has 0 bridgehead atoms. The van der Waals surface area contributed by atoms with E-state index in [9.17, 15) is 4.39 Å². The summed E-state index contributed by atoms with van der Waals surface area (Å²) in [7, 11) is 0. The van der Waals surface area contributed by atoms with E-state index in [0.29, 0.717) is 16.7 Å². The van der Waals surface area contributed by atoms with E-state index < -0.39 is 0 Å². The van der Waals surface area contributed by atoms with E-state index in [-0.39, 0.29) is 5.82 Å². The van der Waals surface area contributed by atoms with Gasteiger partial charge in [-0.05, 0) is 48.2 Å². The summed E-state index contributed by atoms with van der Waals surface area (Å²) in [5, 5.41) is 8.51. The molecule has 0 saturated carbocycles. The van der Waals surface area contributed by atoms with Gasteiger partial charge < -0.3 is 4.42 Å². The Kier molecular flexibility index (Phi) is 4.80. The van der Waals surface area contributed by atoms with Crippen molar-refractivity contribution in [2.45, 2.75) is 15.9 Å². The van der Waals surface area contributed by atoms with Crippen LogP contribution in [0.1, 0.15) is 5.56 Å². The fourth-order valence-electron chi connectivity index (χ4n) is 1.84. The number of aromatic nitrogens is 2. The molecule has 1 heterocycles. The molecular formula is C16H13FN2OS2. The van der Waals surface area contributed by atoms with Crippen molar-refractivity contribution in [3.63, 3.8) is 0 Å². The van der Waals surface area contributed by atoms with Gasteiger partial charge in [0, 0.05) is 16.2 Å². The molecule has 0 unspecified atom stereocenters. The number of rotatable bonds is 5. The highest BCUT2D eigenvalue weighted by Crippen LogP contribution is 2.26. The second kappa shape index (κ2) is 6.98. The Balaban J connectivity index is 1.65. The van der Waals surface area contributed by atoms with Crippen molar-refractivity contribution >= 4 is 23.5 Å². The lowest BCUT2D eigenvalue weighted by molar-refractivity contribution is 0.465. The Morgan fingerprint density at radius 2 is 1.73 bits per heavy atom. The molecule has 0 aliphatic heterocycles. The second-order valence-corrected chi connectivity index (χ2v) is 6.32. The standard InChI is InChI=1S/C16H13FN2OS2/c1-21-14-8-2-11(3-9-14)10-22-16-19-18-15(20-16)12-4-6-13(17)7-5-12/h2-9H,10H2,1H3. The molecule has 2 aromatic carbocycles. The maximum absolute atomic E-state index is 12.9. The number of hydrogen-bond acceptors (Lipinski definition) is 5. The van der Waals surface area contributed by atoms with Gasteiger partial charge in [0.1, 0.15) is 5.82 Å². The Morgan fingerprint density at radius 1 is 1.00 bits per heavy atom. The summed E-state index contributed by atoms with van der Waals surface area (Å²) < 4.78 is 18.5. The largest absolute Gasteiger partial charge is 0.411 e. The molecular weight excluding hydrogens is 319 g/mol. The first kappa shape index (κ1) is 15.1. The van der Waals surface area contributed by atoms with Crippen molar-refractivity contribution in [1.82, 2.24) is 10.2 Å². The first-order valence-electron chi connectivity index (χ1n) is 6.60. The van der Waals surface area contributed by atoms with E-state index in [2.05, 4.69) is 40.7 Å². The minimum Gasteiger partial charge on any atom is -0.411 e. The monoisotopic (exact) mass is 332 g/mol. The normalized spacial score (nSPS) is 10.8. The summed E-state index contributed by atoms with van der Waals surface area (Å²) in [5.74, 6) is 0.881. The van der Waals surface area contributed by atoms with Crippen LogP contribution in [-0.2, 0) is 5.75 Å². The zero-order chi connectivity index (χ0) is 15.4. The zero-order valence-electron chi connectivity index (χ0n) is 11.8. The quantitative estimate of drug-likeness (QED) is 0.622. The Bertz CT molecular complexity index is 742. The zero-order valence-corrected chi connectivity index (χ0v) is 13.5. The topological polar surface area (TPSA) is 38.9 Å². The summed E-state index contributed by atoms with van der Waals surface area (Å²) in [6.07, 6.45) is 2.05. The van der Waals surface area contributed by atoms with Gasteiger partial charge in [0.25, 0.3) is 5.22 Å². The third-order valence-electron chi connectivity index (χ3n) is 3.02. The predicted molar refractivity (Wildman–Crippen MR) is 87.5 cm³/mol. The van der Waals surface area contributed by atoms with Gasteiger partial charge in [-0.1, -0.05) is 23.9 Å². The molecule has 0 N–H and O–H groups in total. The Hall–Kier alpha value is -1.79. The second-order valence-electron chi connectivity index (χ2n) is 4.52. The Labute approximate surface area is 136 Å². The molecule has 0 aliphatic rings. The van der Waals surface area contributed by atoms with Crippen LogP contribution in [0.3, 0.4) is 0 Å². The van der Waals surface area contributed by atoms with Gasteiger partial charge in [0.2, 0.25) is 5.89 Å². The van der Waals surface area contributed by atoms with Gasteiger partial charge in [-0.3, -0.25) is 0 Å². The number of thioether (sulfide) groups is 2. The average molecular weight is 332 g/mol. The lowest BCUT2D eigenvalue weighted by Crippen LogP contribution is -1.80. The van der Waals surface area contributed by atoms with Gasteiger partial charge in [-0.15, -0.1) is 22.0 Å². The fourth-order valence-corrected chi connectivity index (χ4v) is 2.97. The van der Waals surface area contributed by atoms with Crippen molar-refractivity contribution in [3.8, 4) is 11.5 Å². The summed E-state index contributed by atoms with van der Waals surface area (Å²) in [6.45, 7) is 0. The van der Waals surface area contributed by atoms with Crippen molar-refractivity contribution in [2.75, 3.05) is 6.26 Å². The van der Waals surface area contributed by atoms with Crippen LogP contribution in [0.15, 0.2) is 63.1 Å². The fraction of sp³-hybridized carbons (Fsp3) is 0.125. The van der Waals surface area contributed by atoms with Gasteiger partial charge >= 0.3 is 0 Å². The molecule has 0 amide bonds. The van der Waals surface area contributed by atoms with Gasteiger partial charge in [-0.25, -0.2) is 4.39 Å². The van der Waals surface area contributed by atoms with Crippen molar-refractivity contribution < 1.29 is 8.81 Å². The van der Waals surface area contributed by atoms with Crippen LogP contribution < -0.4 is 0 Å². The first-order chi connectivity index (χ1) is 10.7. The van der Waals surface area contributed by atoms with Crippen LogP contribution >= 0.6 is 23.5 Å². The molecule has 0 fully saturated rings. The van der Waals surface area contributed by atoms with E-state index in [1.165, 1.54) is 34.4 Å². The van der Waals surface area contributed by atoms with E-state index >= 15 is 0 Å². The van der Waals surface area contributed by atoms with E-state index in [1.54, 1.807) is 23.9 Å². The summed E-state index contributed by atoms with van der Waals surface area (Å²) in [4.78, 5) is 1.24. The molecule has 0 radical (unpaired) electrons. The highest BCUT2D eigenvalue weighted by molar-refractivity contribution is 7.98. The molecule has 3 rings (SSSR count). The van der Waals surface area contributed by atoms with Crippen LogP contribution in [0.2, 0.25) is 0 Å². The molecule has 0 aliphatic carbocycles. The van der Waals surface area contributed by atoms with Crippen molar-refractivity contribution in [2.24, 2.45) is 0 Å². The number of hydrogen-bond donors (Lipinski definition) is 0. The highest BCUT2D eigenvalue weighted by atomic mass is 32.2.